The minimum Gasteiger partial charge on any atom is -0.464 e. The first-order chi connectivity index (χ1) is 9.70. The molecule has 2 bridgehead atoms. The molecule has 20 heavy (non-hydrogen) atoms. The lowest BCUT2D eigenvalue weighted by Gasteiger charge is -2.21. The number of rotatable bonds is 2. The van der Waals surface area contributed by atoms with Gasteiger partial charge < -0.3 is 15.1 Å². The third-order valence-electron chi connectivity index (χ3n) is 4.65. The molecule has 3 heterocycles. The number of fused-ring (bicyclic) bond motifs is 3. The van der Waals surface area contributed by atoms with E-state index < -0.39 is 0 Å². The molecule has 0 saturated carbocycles. The first-order valence-electron chi connectivity index (χ1n) is 7.25. The molecule has 3 atom stereocenters. The summed E-state index contributed by atoms with van der Waals surface area (Å²) in [5.74, 6) is 0.000281. The highest BCUT2D eigenvalue weighted by Crippen LogP contribution is 2.28. The maximum atomic E-state index is 12.3. The number of carbonyl (C=O) groups is 1. The van der Waals surface area contributed by atoms with Gasteiger partial charge in [0, 0.05) is 29.1 Å². The minimum absolute atomic E-state index is 0.000281. The van der Waals surface area contributed by atoms with Gasteiger partial charge in [-0.3, -0.25) is 4.79 Å². The van der Waals surface area contributed by atoms with Crippen LogP contribution in [0, 0.1) is 6.92 Å². The number of nitrogens with one attached hydrogen (secondary N) is 2. The summed E-state index contributed by atoms with van der Waals surface area (Å²) in [5.41, 5.74) is 2.56. The van der Waals surface area contributed by atoms with E-state index in [1.54, 1.807) is 6.26 Å². The summed E-state index contributed by atoms with van der Waals surface area (Å²) >= 11 is 0. The van der Waals surface area contributed by atoms with Gasteiger partial charge >= 0.3 is 0 Å². The topological polar surface area (TPSA) is 54.3 Å². The molecule has 2 N–H and O–H groups in total. The lowest BCUT2D eigenvalue weighted by Crippen LogP contribution is -2.42. The lowest BCUT2D eigenvalue weighted by atomic mass is 9.95. The molecule has 1 amide bonds. The first kappa shape index (κ1) is 12.0. The highest BCUT2D eigenvalue weighted by atomic mass is 16.3. The minimum atomic E-state index is 0.000281. The molecule has 2 saturated heterocycles. The van der Waals surface area contributed by atoms with Crippen LogP contribution in [0.25, 0.3) is 11.0 Å². The van der Waals surface area contributed by atoms with E-state index in [9.17, 15) is 4.79 Å². The van der Waals surface area contributed by atoms with Crippen LogP contribution in [0.3, 0.4) is 0 Å². The van der Waals surface area contributed by atoms with Crippen LogP contribution >= 0.6 is 0 Å². The van der Waals surface area contributed by atoms with Crippen LogP contribution in [-0.4, -0.2) is 24.0 Å². The average molecular weight is 270 g/mol. The number of carbonyl (C=O) groups excluding carboxylic acids is 1. The highest BCUT2D eigenvalue weighted by Gasteiger charge is 2.39. The zero-order valence-electron chi connectivity index (χ0n) is 11.5. The van der Waals surface area contributed by atoms with Crippen LogP contribution in [0.1, 0.15) is 35.2 Å². The van der Waals surface area contributed by atoms with Crippen molar-refractivity contribution in [2.45, 2.75) is 44.3 Å². The standard InChI is InChI=1S/C16H18N2O2/c1-9-8-20-15-6-10(2-4-12(9)15)16(19)18-14-7-11-3-5-13(14)17-11/h2,4,6,8,11,13-14,17H,3,5,7H2,1H3,(H,18,19)/t11-,13+,14-/m1/s1. The molecule has 4 heteroatoms. The maximum absolute atomic E-state index is 12.3. The van der Waals surface area contributed by atoms with Gasteiger partial charge in [-0.05, 0) is 43.9 Å². The molecule has 4 nitrogen and oxygen atoms in total. The Balaban J connectivity index is 1.54. The van der Waals surface area contributed by atoms with E-state index >= 15 is 0 Å². The number of hydrogen-bond donors (Lipinski definition) is 2. The zero-order chi connectivity index (χ0) is 13.7. The van der Waals surface area contributed by atoms with Gasteiger partial charge in [0.2, 0.25) is 0 Å². The van der Waals surface area contributed by atoms with Crippen molar-refractivity contribution in [1.29, 1.82) is 0 Å². The van der Waals surface area contributed by atoms with Crippen molar-refractivity contribution in [3.63, 3.8) is 0 Å². The molecule has 0 aliphatic carbocycles. The Bertz CT molecular complexity index is 676. The molecule has 2 fully saturated rings. The summed E-state index contributed by atoms with van der Waals surface area (Å²) in [6.07, 6.45) is 5.20. The summed E-state index contributed by atoms with van der Waals surface area (Å²) in [5, 5.41) is 7.76. The Morgan fingerprint density at radius 2 is 2.30 bits per heavy atom. The molecular formula is C16H18N2O2. The van der Waals surface area contributed by atoms with Gasteiger partial charge in [0.25, 0.3) is 5.91 Å². The van der Waals surface area contributed by atoms with Crippen molar-refractivity contribution < 1.29 is 9.21 Å². The second-order valence-electron chi connectivity index (χ2n) is 5.99. The predicted molar refractivity (Wildman–Crippen MR) is 76.8 cm³/mol. The summed E-state index contributed by atoms with van der Waals surface area (Å²) in [4.78, 5) is 12.3. The van der Waals surface area contributed by atoms with E-state index in [0.717, 1.165) is 23.0 Å². The molecule has 1 aromatic carbocycles. The number of amides is 1. The van der Waals surface area contributed by atoms with E-state index in [0.29, 0.717) is 17.6 Å². The van der Waals surface area contributed by atoms with E-state index in [1.165, 1.54) is 12.8 Å². The molecule has 2 aliphatic rings. The largest absolute Gasteiger partial charge is 0.464 e. The summed E-state index contributed by atoms with van der Waals surface area (Å²) in [6, 6.07) is 7.00. The van der Waals surface area contributed by atoms with Crippen LogP contribution in [0.2, 0.25) is 0 Å². The monoisotopic (exact) mass is 270 g/mol. The van der Waals surface area contributed by atoms with E-state index in [-0.39, 0.29) is 11.9 Å². The van der Waals surface area contributed by atoms with Crippen LogP contribution in [0.4, 0.5) is 0 Å². The molecule has 2 aliphatic heterocycles. The Morgan fingerprint density at radius 3 is 3.05 bits per heavy atom. The van der Waals surface area contributed by atoms with Gasteiger partial charge in [0.1, 0.15) is 5.58 Å². The molecule has 0 unspecified atom stereocenters. The molecule has 2 aromatic rings. The van der Waals surface area contributed by atoms with Gasteiger partial charge in [-0.1, -0.05) is 6.07 Å². The Morgan fingerprint density at radius 1 is 1.40 bits per heavy atom. The Labute approximate surface area is 117 Å². The molecule has 4 rings (SSSR count). The van der Waals surface area contributed by atoms with E-state index in [1.807, 2.05) is 25.1 Å². The Kier molecular flexibility index (Phi) is 2.60. The third kappa shape index (κ3) is 1.83. The van der Waals surface area contributed by atoms with Gasteiger partial charge in [0.15, 0.2) is 0 Å². The third-order valence-corrected chi connectivity index (χ3v) is 4.65. The van der Waals surface area contributed by atoms with Crippen molar-refractivity contribution in [1.82, 2.24) is 10.6 Å². The second kappa shape index (κ2) is 4.35. The van der Waals surface area contributed by atoms with Gasteiger partial charge in [-0.25, -0.2) is 0 Å². The number of furan rings is 1. The summed E-state index contributed by atoms with van der Waals surface area (Å²) in [6.45, 7) is 2.01. The van der Waals surface area contributed by atoms with Crippen LogP contribution in [0.5, 0.6) is 0 Å². The number of aryl methyl sites for hydroxylation is 1. The molecule has 104 valence electrons. The second-order valence-corrected chi connectivity index (χ2v) is 5.99. The highest BCUT2D eigenvalue weighted by molar-refractivity contribution is 5.98. The van der Waals surface area contributed by atoms with E-state index in [4.69, 9.17) is 4.42 Å². The van der Waals surface area contributed by atoms with Gasteiger partial charge in [-0.2, -0.15) is 0 Å². The van der Waals surface area contributed by atoms with Gasteiger partial charge in [0.05, 0.1) is 6.26 Å². The lowest BCUT2D eigenvalue weighted by molar-refractivity contribution is 0.0931. The molecule has 0 spiro atoms. The van der Waals surface area contributed by atoms with Crippen molar-refractivity contribution in [3.8, 4) is 0 Å². The first-order valence-corrected chi connectivity index (χ1v) is 7.25. The smallest absolute Gasteiger partial charge is 0.251 e. The fourth-order valence-electron chi connectivity index (χ4n) is 3.54. The van der Waals surface area contributed by atoms with Crippen molar-refractivity contribution in [2.75, 3.05) is 0 Å². The predicted octanol–water partition coefficient (Wildman–Crippen LogP) is 2.36. The van der Waals surface area contributed by atoms with Crippen molar-refractivity contribution >= 4 is 16.9 Å². The van der Waals surface area contributed by atoms with Crippen molar-refractivity contribution in [2.24, 2.45) is 0 Å². The SMILES string of the molecule is Cc1coc2cc(C(=O)N[C@@H]3C[C@H]4CC[C@@H]3N4)ccc12. The van der Waals surface area contributed by atoms with Crippen LogP contribution < -0.4 is 10.6 Å². The number of benzene rings is 1. The molecule has 0 radical (unpaired) electrons. The fourth-order valence-corrected chi connectivity index (χ4v) is 3.54. The summed E-state index contributed by atoms with van der Waals surface area (Å²) < 4.78 is 5.47. The summed E-state index contributed by atoms with van der Waals surface area (Å²) in [7, 11) is 0. The van der Waals surface area contributed by atoms with Crippen molar-refractivity contribution in [3.05, 3.63) is 35.6 Å². The molecule has 1 aromatic heterocycles. The zero-order valence-corrected chi connectivity index (χ0v) is 11.5. The quantitative estimate of drug-likeness (QED) is 0.881. The Hall–Kier alpha value is -1.81. The average Bonchev–Trinajstić information content (AvgIpc) is 3.14. The normalized spacial score (nSPS) is 28.1. The van der Waals surface area contributed by atoms with Crippen LogP contribution in [0.15, 0.2) is 28.9 Å². The molecular weight excluding hydrogens is 252 g/mol. The number of hydrogen-bond acceptors (Lipinski definition) is 3. The van der Waals surface area contributed by atoms with Gasteiger partial charge in [-0.15, -0.1) is 0 Å². The maximum Gasteiger partial charge on any atom is 0.251 e. The van der Waals surface area contributed by atoms with E-state index in [2.05, 4.69) is 10.6 Å². The fraction of sp³-hybridized carbons (Fsp3) is 0.438. The van der Waals surface area contributed by atoms with Crippen LogP contribution in [-0.2, 0) is 0 Å².